The Kier molecular flexibility index (Phi) is 4.40. The molecule has 19 heavy (non-hydrogen) atoms. The molecule has 4 nitrogen and oxygen atoms in total. The number of aryl methyl sites for hydroxylation is 2. The quantitative estimate of drug-likeness (QED) is 0.883. The Bertz CT molecular complexity index is 444. The van der Waals surface area contributed by atoms with Crippen LogP contribution in [0.5, 0.6) is 0 Å². The standard InChI is InChI=1S/C15H25N3O/c1-4-12-10-13(18(5-2)17-12)11-14(19)15(3)6-8-16-9-7-15/h10,16H,4-9,11H2,1-3H3. The van der Waals surface area contributed by atoms with E-state index in [1.54, 1.807) is 0 Å². The van der Waals surface area contributed by atoms with Gasteiger partial charge in [0.25, 0.3) is 0 Å². The van der Waals surface area contributed by atoms with E-state index in [4.69, 9.17) is 0 Å². The van der Waals surface area contributed by atoms with Gasteiger partial charge in [0, 0.05) is 24.1 Å². The lowest BCUT2D eigenvalue weighted by Gasteiger charge is -2.32. The number of carbonyl (C=O) groups is 1. The Hall–Kier alpha value is -1.16. The zero-order valence-electron chi connectivity index (χ0n) is 12.3. The van der Waals surface area contributed by atoms with Crippen molar-refractivity contribution in [3.63, 3.8) is 0 Å². The lowest BCUT2D eigenvalue weighted by molar-refractivity contribution is -0.128. The molecule has 1 aliphatic rings. The smallest absolute Gasteiger partial charge is 0.144 e. The first-order chi connectivity index (χ1) is 9.09. The molecule has 1 aromatic heterocycles. The Labute approximate surface area is 115 Å². The Morgan fingerprint density at radius 3 is 2.68 bits per heavy atom. The van der Waals surface area contributed by atoms with Crippen molar-refractivity contribution >= 4 is 5.78 Å². The summed E-state index contributed by atoms with van der Waals surface area (Å²) in [6.07, 6.45) is 3.35. The molecular weight excluding hydrogens is 238 g/mol. The van der Waals surface area contributed by atoms with E-state index >= 15 is 0 Å². The molecule has 2 heterocycles. The van der Waals surface area contributed by atoms with Crippen molar-refractivity contribution in [1.82, 2.24) is 15.1 Å². The van der Waals surface area contributed by atoms with Gasteiger partial charge in [0.15, 0.2) is 0 Å². The van der Waals surface area contributed by atoms with Crippen LogP contribution in [0.4, 0.5) is 0 Å². The van der Waals surface area contributed by atoms with Crippen LogP contribution < -0.4 is 5.32 Å². The summed E-state index contributed by atoms with van der Waals surface area (Å²) in [5, 5.41) is 7.84. The summed E-state index contributed by atoms with van der Waals surface area (Å²) in [6, 6.07) is 2.09. The number of rotatable bonds is 5. The normalized spacial score (nSPS) is 18.5. The van der Waals surface area contributed by atoms with Crippen molar-refractivity contribution in [3.8, 4) is 0 Å². The topological polar surface area (TPSA) is 46.9 Å². The zero-order chi connectivity index (χ0) is 13.9. The van der Waals surface area contributed by atoms with Gasteiger partial charge in [-0.15, -0.1) is 0 Å². The lowest BCUT2D eigenvalue weighted by Crippen LogP contribution is -2.40. The van der Waals surface area contributed by atoms with Crippen LogP contribution in [0.1, 0.15) is 45.0 Å². The third kappa shape index (κ3) is 3.06. The average Bonchev–Trinajstić information content (AvgIpc) is 2.82. The molecule has 1 N–H and O–H groups in total. The number of hydrogen-bond acceptors (Lipinski definition) is 3. The maximum absolute atomic E-state index is 12.6. The zero-order valence-corrected chi connectivity index (χ0v) is 12.3. The molecule has 0 atom stereocenters. The second-order valence-electron chi connectivity index (χ2n) is 5.71. The van der Waals surface area contributed by atoms with Crippen LogP contribution >= 0.6 is 0 Å². The van der Waals surface area contributed by atoms with Gasteiger partial charge in [-0.05, 0) is 45.3 Å². The number of ketones is 1. The van der Waals surface area contributed by atoms with Crippen LogP contribution in [0.25, 0.3) is 0 Å². The molecule has 0 bridgehead atoms. The van der Waals surface area contributed by atoms with E-state index in [0.29, 0.717) is 12.2 Å². The minimum absolute atomic E-state index is 0.152. The molecule has 1 saturated heterocycles. The van der Waals surface area contributed by atoms with Crippen LogP contribution in [0.3, 0.4) is 0 Å². The van der Waals surface area contributed by atoms with E-state index in [9.17, 15) is 4.79 Å². The first-order valence-corrected chi connectivity index (χ1v) is 7.38. The summed E-state index contributed by atoms with van der Waals surface area (Å²) in [4.78, 5) is 12.6. The number of carbonyl (C=O) groups excluding carboxylic acids is 1. The largest absolute Gasteiger partial charge is 0.317 e. The molecule has 2 rings (SSSR count). The molecule has 0 aliphatic carbocycles. The number of Topliss-reactive ketones (excluding diaryl/α,β-unsaturated/α-hetero) is 1. The third-order valence-electron chi connectivity index (χ3n) is 4.30. The van der Waals surface area contributed by atoms with Crippen molar-refractivity contribution in [3.05, 3.63) is 17.5 Å². The highest BCUT2D eigenvalue weighted by molar-refractivity contribution is 5.86. The minimum Gasteiger partial charge on any atom is -0.317 e. The Morgan fingerprint density at radius 1 is 1.42 bits per heavy atom. The van der Waals surface area contributed by atoms with Gasteiger partial charge in [-0.2, -0.15) is 5.10 Å². The van der Waals surface area contributed by atoms with Crippen molar-refractivity contribution in [2.45, 2.75) is 53.0 Å². The molecular formula is C15H25N3O. The first-order valence-electron chi connectivity index (χ1n) is 7.38. The van der Waals surface area contributed by atoms with Gasteiger partial charge in [0.05, 0.1) is 5.69 Å². The monoisotopic (exact) mass is 263 g/mol. The van der Waals surface area contributed by atoms with E-state index in [0.717, 1.165) is 50.3 Å². The van der Waals surface area contributed by atoms with Gasteiger partial charge < -0.3 is 5.32 Å². The molecule has 0 radical (unpaired) electrons. The van der Waals surface area contributed by atoms with Crippen LogP contribution in [-0.4, -0.2) is 28.7 Å². The van der Waals surface area contributed by atoms with Gasteiger partial charge in [0.1, 0.15) is 5.78 Å². The van der Waals surface area contributed by atoms with Crippen molar-refractivity contribution in [1.29, 1.82) is 0 Å². The molecule has 0 aromatic carbocycles. The second-order valence-corrected chi connectivity index (χ2v) is 5.71. The fourth-order valence-corrected chi connectivity index (χ4v) is 2.74. The van der Waals surface area contributed by atoms with Gasteiger partial charge in [-0.25, -0.2) is 0 Å². The van der Waals surface area contributed by atoms with Crippen molar-refractivity contribution in [2.75, 3.05) is 13.1 Å². The molecule has 0 spiro atoms. The van der Waals surface area contributed by atoms with E-state index in [2.05, 4.69) is 37.3 Å². The number of hydrogen-bond donors (Lipinski definition) is 1. The van der Waals surface area contributed by atoms with Crippen LogP contribution in [0.15, 0.2) is 6.07 Å². The summed E-state index contributed by atoms with van der Waals surface area (Å²) >= 11 is 0. The Morgan fingerprint density at radius 2 is 2.11 bits per heavy atom. The number of nitrogens with zero attached hydrogens (tertiary/aromatic N) is 2. The first kappa shape index (κ1) is 14.3. The molecule has 0 saturated carbocycles. The fraction of sp³-hybridized carbons (Fsp3) is 0.733. The third-order valence-corrected chi connectivity index (χ3v) is 4.30. The maximum Gasteiger partial charge on any atom is 0.144 e. The second kappa shape index (κ2) is 5.87. The SMILES string of the molecule is CCc1cc(CC(=O)C2(C)CCNCC2)n(CC)n1. The molecule has 0 unspecified atom stereocenters. The predicted octanol–water partition coefficient (Wildman–Crippen LogP) is 1.97. The van der Waals surface area contributed by atoms with Gasteiger partial charge >= 0.3 is 0 Å². The van der Waals surface area contributed by atoms with Crippen molar-refractivity contribution in [2.24, 2.45) is 5.41 Å². The summed E-state index contributed by atoms with van der Waals surface area (Å²) in [6.45, 7) is 9.03. The van der Waals surface area contributed by atoms with E-state index in [-0.39, 0.29) is 5.41 Å². The van der Waals surface area contributed by atoms with Gasteiger partial charge in [0.2, 0.25) is 0 Å². The summed E-state index contributed by atoms with van der Waals surface area (Å²) in [5.74, 6) is 0.367. The number of nitrogens with one attached hydrogen (secondary N) is 1. The number of aromatic nitrogens is 2. The predicted molar refractivity (Wildman–Crippen MR) is 76.2 cm³/mol. The van der Waals surface area contributed by atoms with E-state index in [1.165, 1.54) is 0 Å². The molecule has 0 amide bonds. The highest BCUT2D eigenvalue weighted by Crippen LogP contribution is 2.30. The maximum atomic E-state index is 12.6. The molecule has 106 valence electrons. The fourth-order valence-electron chi connectivity index (χ4n) is 2.74. The number of piperidine rings is 1. The highest BCUT2D eigenvalue weighted by atomic mass is 16.1. The van der Waals surface area contributed by atoms with E-state index < -0.39 is 0 Å². The molecule has 1 aliphatic heterocycles. The van der Waals surface area contributed by atoms with Gasteiger partial charge in [-0.1, -0.05) is 13.8 Å². The van der Waals surface area contributed by atoms with Gasteiger partial charge in [-0.3, -0.25) is 9.48 Å². The Balaban J connectivity index is 2.11. The molecule has 4 heteroatoms. The lowest BCUT2D eigenvalue weighted by atomic mass is 9.76. The summed E-state index contributed by atoms with van der Waals surface area (Å²) < 4.78 is 1.97. The minimum atomic E-state index is -0.152. The summed E-state index contributed by atoms with van der Waals surface area (Å²) in [7, 11) is 0. The van der Waals surface area contributed by atoms with Crippen LogP contribution in [0.2, 0.25) is 0 Å². The van der Waals surface area contributed by atoms with Crippen molar-refractivity contribution < 1.29 is 4.79 Å². The van der Waals surface area contributed by atoms with Crippen LogP contribution in [-0.2, 0) is 24.2 Å². The highest BCUT2D eigenvalue weighted by Gasteiger charge is 2.34. The summed E-state index contributed by atoms with van der Waals surface area (Å²) in [5.41, 5.74) is 2.00. The van der Waals surface area contributed by atoms with Crippen LogP contribution in [0, 0.1) is 5.41 Å². The average molecular weight is 263 g/mol. The van der Waals surface area contributed by atoms with E-state index in [1.807, 2.05) is 4.68 Å². The molecule has 1 aromatic rings. The molecule has 1 fully saturated rings.